The number of ether oxygens (including phenoxy) is 1. The van der Waals surface area contributed by atoms with Crippen molar-refractivity contribution in [3.05, 3.63) is 47.9 Å². The average molecular weight is 256 g/mol. The SMILES string of the molecule is CC(C)Oc1ccc(NCc2ccc(C#N)o2)cc1. The van der Waals surface area contributed by atoms with Crippen LogP contribution in [0, 0.1) is 11.3 Å². The maximum absolute atomic E-state index is 8.66. The standard InChI is InChI=1S/C15H16N2O2/c1-11(2)18-13-5-3-12(4-6-13)17-10-15-8-7-14(9-16)19-15/h3-8,11,17H,10H2,1-2H3. The summed E-state index contributed by atoms with van der Waals surface area (Å²) in [4.78, 5) is 0. The van der Waals surface area contributed by atoms with Crippen LogP contribution in [0.4, 0.5) is 5.69 Å². The molecular weight excluding hydrogens is 240 g/mol. The van der Waals surface area contributed by atoms with Gasteiger partial charge < -0.3 is 14.5 Å². The van der Waals surface area contributed by atoms with E-state index < -0.39 is 0 Å². The van der Waals surface area contributed by atoms with Gasteiger partial charge in [0.15, 0.2) is 0 Å². The van der Waals surface area contributed by atoms with E-state index in [0.717, 1.165) is 17.2 Å². The van der Waals surface area contributed by atoms with Gasteiger partial charge in [0, 0.05) is 5.69 Å². The third-order valence-corrected chi connectivity index (χ3v) is 2.46. The summed E-state index contributed by atoms with van der Waals surface area (Å²) in [5, 5.41) is 11.9. The van der Waals surface area contributed by atoms with Crippen LogP contribution in [0.3, 0.4) is 0 Å². The predicted molar refractivity (Wildman–Crippen MR) is 73.0 cm³/mol. The van der Waals surface area contributed by atoms with Crippen molar-refractivity contribution in [1.29, 1.82) is 5.26 Å². The second kappa shape index (κ2) is 5.96. The molecule has 0 radical (unpaired) electrons. The molecule has 2 rings (SSSR count). The van der Waals surface area contributed by atoms with Crippen LogP contribution < -0.4 is 10.1 Å². The highest BCUT2D eigenvalue weighted by atomic mass is 16.5. The molecule has 0 spiro atoms. The van der Waals surface area contributed by atoms with Gasteiger partial charge >= 0.3 is 0 Å². The smallest absolute Gasteiger partial charge is 0.203 e. The van der Waals surface area contributed by atoms with Crippen LogP contribution in [0.5, 0.6) is 5.75 Å². The summed E-state index contributed by atoms with van der Waals surface area (Å²) in [7, 11) is 0. The van der Waals surface area contributed by atoms with Crippen molar-refractivity contribution in [3.8, 4) is 11.8 Å². The number of nitriles is 1. The number of nitrogens with one attached hydrogen (secondary N) is 1. The third-order valence-electron chi connectivity index (χ3n) is 2.46. The molecule has 0 amide bonds. The van der Waals surface area contributed by atoms with E-state index in [-0.39, 0.29) is 6.10 Å². The van der Waals surface area contributed by atoms with Crippen molar-refractivity contribution in [2.75, 3.05) is 5.32 Å². The molecular formula is C15H16N2O2. The average Bonchev–Trinajstić information content (AvgIpc) is 2.85. The number of furan rings is 1. The first-order valence-corrected chi connectivity index (χ1v) is 6.17. The molecule has 1 heterocycles. The molecule has 0 atom stereocenters. The van der Waals surface area contributed by atoms with Crippen molar-refractivity contribution >= 4 is 5.69 Å². The zero-order valence-corrected chi connectivity index (χ0v) is 11.0. The lowest BCUT2D eigenvalue weighted by Crippen LogP contribution is -2.05. The van der Waals surface area contributed by atoms with Gasteiger partial charge in [-0.05, 0) is 50.2 Å². The van der Waals surface area contributed by atoms with Crippen molar-refractivity contribution in [3.63, 3.8) is 0 Å². The predicted octanol–water partition coefficient (Wildman–Crippen LogP) is 3.55. The number of benzene rings is 1. The zero-order chi connectivity index (χ0) is 13.7. The largest absolute Gasteiger partial charge is 0.491 e. The van der Waals surface area contributed by atoms with E-state index in [0.29, 0.717) is 12.3 Å². The number of hydrogen-bond acceptors (Lipinski definition) is 4. The van der Waals surface area contributed by atoms with E-state index in [1.165, 1.54) is 0 Å². The van der Waals surface area contributed by atoms with Gasteiger partial charge in [0.05, 0.1) is 12.6 Å². The third kappa shape index (κ3) is 3.78. The minimum absolute atomic E-state index is 0.173. The van der Waals surface area contributed by atoms with Gasteiger partial charge in [-0.3, -0.25) is 0 Å². The molecule has 0 aliphatic heterocycles. The first kappa shape index (κ1) is 13.0. The van der Waals surface area contributed by atoms with Crippen molar-refractivity contribution < 1.29 is 9.15 Å². The van der Waals surface area contributed by atoms with Crippen LogP contribution in [0.2, 0.25) is 0 Å². The summed E-state index contributed by atoms with van der Waals surface area (Å²) in [6.45, 7) is 4.54. The Morgan fingerprint density at radius 1 is 1.21 bits per heavy atom. The molecule has 0 bridgehead atoms. The van der Waals surface area contributed by atoms with Gasteiger partial charge in [0.25, 0.3) is 0 Å². The molecule has 98 valence electrons. The number of nitrogens with zero attached hydrogens (tertiary/aromatic N) is 1. The Morgan fingerprint density at radius 2 is 1.95 bits per heavy atom. The van der Waals surface area contributed by atoms with Crippen LogP contribution in [-0.2, 0) is 6.54 Å². The number of rotatable bonds is 5. The summed E-state index contributed by atoms with van der Waals surface area (Å²) < 4.78 is 10.9. The van der Waals surface area contributed by atoms with E-state index >= 15 is 0 Å². The van der Waals surface area contributed by atoms with Gasteiger partial charge in [-0.1, -0.05) is 0 Å². The Morgan fingerprint density at radius 3 is 2.53 bits per heavy atom. The van der Waals surface area contributed by atoms with E-state index in [1.807, 2.05) is 44.2 Å². The highest BCUT2D eigenvalue weighted by molar-refractivity contribution is 5.46. The topological polar surface area (TPSA) is 58.2 Å². The van der Waals surface area contributed by atoms with Crippen molar-refractivity contribution in [2.24, 2.45) is 0 Å². The highest BCUT2D eigenvalue weighted by Gasteiger charge is 2.01. The molecule has 2 aromatic rings. The highest BCUT2D eigenvalue weighted by Crippen LogP contribution is 2.18. The lowest BCUT2D eigenvalue weighted by Gasteiger charge is -2.10. The summed E-state index contributed by atoms with van der Waals surface area (Å²) in [6.07, 6.45) is 0.173. The fourth-order valence-corrected chi connectivity index (χ4v) is 1.65. The minimum atomic E-state index is 0.173. The van der Waals surface area contributed by atoms with Crippen LogP contribution in [0.25, 0.3) is 0 Å². The molecule has 4 heteroatoms. The quantitative estimate of drug-likeness (QED) is 0.888. The van der Waals surface area contributed by atoms with E-state index in [9.17, 15) is 0 Å². The van der Waals surface area contributed by atoms with Gasteiger partial charge in [-0.2, -0.15) is 5.26 Å². The molecule has 0 fully saturated rings. The monoisotopic (exact) mass is 256 g/mol. The summed E-state index contributed by atoms with van der Waals surface area (Å²) in [6, 6.07) is 13.2. The summed E-state index contributed by atoms with van der Waals surface area (Å²) in [5.41, 5.74) is 0.978. The first-order valence-electron chi connectivity index (χ1n) is 6.17. The molecule has 19 heavy (non-hydrogen) atoms. The van der Waals surface area contributed by atoms with Crippen molar-refractivity contribution in [2.45, 2.75) is 26.5 Å². The molecule has 4 nitrogen and oxygen atoms in total. The Balaban J connectivity index is 1.91. The van der Waals surface area contributed by atoms with E-state index in [1.54, 1.807) is 12.1 Å². The lowest BCUT2D eigenvalue weighted by molar-refractivity contribution is 0.242. The summed E-state index contributed by atoms with van der Waals surface area (Å²) >= 11 is 0. The van der Waals surface area contributed by atoms with E-state index in [2.05, 4.69) is 5.32 Å². The second-order valence-corrected chi connectivity index (χ2v) is 4.42. The fourth-order valence-electron chi connectivity index (χ4n) is 1.65. The van der Waals surface area contributed by atoms with E-state index in [4.69, 9.17) is 14.4 Å². The van der Waals surface area contributed by atoms with Crippen LogP contribution in [0.1, 0.15) is 25.4 Å². The van der Waals surface area contributed by atoms with Gasteiger partial charge in [0.2, 0.25) is 5.76 Å². The Kier molecular flexibility index (Phi) is 4.09. The minimum Gasteiger partial charge on any atom is -0.491 e. The number of anilines is 1. The first-order chi connectivity index (χ1) is 9.17. The molecule has 0 unspecified atom stereocenters. The zero-order valence-electron chi connectivity index (χ0n) is 11.0. The molecule has 0 saturated carbocycles. The molecule has 1 aromatic heterocycles. The van der Waals surface area contributed by atoms with Crippen LogP contribution in [0.15, 0.2) is 40.8 Å². The Hall–Kier alpha value is -2.41. The second-order valence-electron chi connectivity index (χ2n) is 4.42. The van der Waals surface area contributed by atoms with Gasteiger partial charge in [0.1, 0.15) is 17.6 Å². The number of hydrogen-bond donors (Lipinski definition) is 1. The molecule has 1 N–H and O–H groups in total. The molecule has 0 saturated heterocycles. The maximum atomic E-state index is 8.66. The Labute approximate surface area is 112 Å². The molecule has 1 aromatic carbocycles. The molecule has 0 aliphatic rings. The molecule has 0 aliphatic carbocycles. The van der Waals surface area contributed by atoms with Crippen LogP contribution in [-0.4, -0.2) is 6.10 Å². The van der Waals surface area contributed by atoms with Gasteiger partial charge in [-0.15, -0.1) is 0 Å². The van der Waals surface area contributed by atoms with Crippen molar-refractivity contribution in [1.82, 2.24) is 0 Å². The normalized spacial score (nSPS) is 10.2. The fraction of sp³-hybridized carbons (Fsp3) is 0.267. The lowest BCUT2D eigenvalue weighted by atomic mass is 10.3. The van der Waals surface area contributed by atoms with Gasteiger partial charge in [-0.25, -0.2) is 0 Å². The maximum Gasteiger partial charge on any atom is 0.203 e. The summed E-state index contributed by atoms with van der Waals surface area (Å²) in [5.74, 6) is 1.92. The Bertz CT molecular complexity index is 565. The van der Waals surface area contributed by atoms with Crippen LogP contribution >= 0.6 is 0 Å².